The van der Waals surface area contributed by atoms with Crippen LogP contribution in [0.15, 0.2) is 48.5 Å². The monoisotopic (exact) mass is 254 g/mol. The molecular weight excluding hydrogens is 236 g/mol. The second-order valence-corrected chi connectivity index (χ2v) is 4.62. The Morgan fingerprint density at radius 1 is 1.16 bits per heavy atom. The maximum Gasteiger partial charge on any atom is 0.224 e. The van der Waals surface area contributed by atoms with E-state index in [2.05, 4.69) is 11.4 Å². The number of carbonyl (C=O) groups excluding carboxylic acids is 1. The normalized spacial score (nSPS) is 10.2. The molecule has 0 fully saturated rings. The van der Waals surface area contributed by atoms with Gasteiger partial charge in [0.05, 0.1) is 11.4 Å². The molecule has 1 amide bonds. The Labute approximate surface area is 113 Å². The molecule has 0 bridgehead atoms. The molecule has 0 heterocycles. The van der Waals surface area contributed by atoms with Gasteiger partial charge in [-0.15, -0.1) is 0 Å². The molecule has 0 radical (unpaired) electrons. The molecule has 0 saturated carbocycles. The van der Waals surface area contributed by atoms with E-state index in [1.165, 1.54) is 11.1 Å². The van der Waals surface area contributed by atoms with E-state index in [-0.39, 0.29) is 5.91 Å². The molecule has 19 heavy (non-hydrogen) atoms. The van der Waals surface area contributed by atoms with Gasteiger partial charge in [0.15, 0.2) is 0 Å². The first-order valence-electron chi connectivity index (χ1n) is 6.35. The SMILES string of the molecule is Cc1cccc(CCC(=O)Nc2ccccc2N)c1. The van der Waals surface area contributed by atoms with Gasteiger partial charge in [-0.05, 0) is 31.0 Å². The molecule has 0 saturated heterocycles. The van der Waals surface area contributed by atoms with Gasteiger partial charge in [0.2, 0.25) is 5.91 Å². The molecule has 0 aliphatic rings. The van der Waals surface area contributed by atoms with Crippen molar-refractivity contribution in [1.29, 1.82) is 0 Å². The molecule has 2 aromatic rings. The minimum atomic E-state index is -0.0144. The molecule has 0 aliphatic heterocycles. The third-order valence-electron chi connectivity index (χ3n) is 2.96. The molecule has 2 rings (SSSR count). The van der Waals surface area contributed by atoms with Crippen molar-refractivity contribution in [3.8, 4) is 0 Å². The van der Waals surface area contributed by atoms with Crippen LogP contribution in [0.25, 0.3) is 0 Å². The lowest BCUT2D eigenvalue weighted by molar-refractivity contribution is -0.116. The Morgan fingerprint density at radius 3 is 2.68 bits per heavy atom. The smallest absolute Gasteiger partial charge is 0.224 e. The van der Waals surface area contributed by atoms with Gasteiger partial charge in [0.25, 0.3) is 0 Å². The highest BCUT2D eigenvalue weighted by atomic mass is 16.1. The number of nitrogen functional groups attached to an aromatic ring is 1. The zero-order valence-electron chi connectivity index (χ0n) is 11.0. The lowest BCUT2D eigenvalue weighted by Gasteiger charge is -2.08. The number of aryl methyl sites for hydroxylation is 2. The number of nitrogens with one attached hydrogen (secondary N) is 1. The Bertz CT molecular complexity index is 578. The van der Waals surface area contributed by atoms with Crippen LogP contribution in [0.4, 0.5) is 11.4 Å². The van der Waals surface area contributed by atoms with Gasteiger partial charge < -0.3 is 11.1 Å². The third-order valence-corrected chi connectivity index (χ3v) is 2.96. The van der Waals surface area contributed by atoms with Crippen molar-refractivity contribution in [3.05, 3.63) is 59.7 Å². The van der Waals surface area contributed by atoms with Gasteiger partial charge in [-0.1, -0.05) is 42.0 Å². The maximum atomic E-state index is 11.9. The van der Waals surface area contributed by atoms with Crippen LogP contribution in [-0.2, 0) is 11.2 Å². The number of hydrogen-bond donors (Lipinski definition) is 2. The van der Waals surface area contributed by atoms with Crippen molar-refractivity contribution in [1.82, 2.24) is 0 Å². The average Bonchev–Trinajstić information content (AvgIpc) is 2.39. The second-order valence-electron chi connectivity index (χ2n) is 4.62. The predicted molar refractivity (Wildman–Crippen MR) is 79.0 cm³/mol. The molecule has 3 nitrogen and oxygen atoms in total. The Kier molecular flexibility index (Phi) is 4.18. The van der Waals surface area contributed by atoms with E-state index in [4.69, 9.17) is 5.73 Å². The lowest BCUT2D eigenvalue weighted by atomic mass is 10.1. The van der Waals surface area contributed by atoms with Crippen molar-refractivity contribution in [2.45, 2.75) is 19.8 Å². The van der Waals surface area contributed by atoms with E-state index >= 15 is 0 Å². The van der Waals surface area contributed by atoms with Crippen molar-refractivity contribution >= 4 is 17.3 Å². The van der Waals surface area contributed by atoms with E-state index in [1.807, 2.05) is 37.3 Å². The molecule has 2 aromatic carbocycles. The van der Waals surface area contributed by atoms with Crippen molar-refractivity contribution in [2.24, 2.45) is 0 Å². The molecule has 3 N–H and O–H groups in total. The molecule has 98 valence electrons. The van der Waals surface area contributed by atoms with Crippen molar-refractivity contribution in [2.75, 3.05) is 11.1 Å². The van der Waals surface area contributed by atoms with Crippen LogP contribution in [0, 0.1) is 6.92 Å². The maximum absolute atomic E-state index is 11.9. The highest BCUT2D eigenvalue weighted by molar-refractivity contribution is 5.93. The van der Waals surface area contributed by atoms with E-state index in [0.29, 0.717) is 17.8 Å². The van der Waals surface area contributed by atoms with Gasteiger partial charge in [0, 0.05) is 6.42 Å². The topological polar surface area (TPSA) is 55.1 Å². The molecule has 0 aliphatic carbocycles. The predicted octanol–water partition coefficient (Wildman–Crippen LogP) is 3.15. The van der Waals surface area contributed by atoms with Crippen molar-refractivity contribution < 1.29 is 4.79 Å². The lowest BCUT2D eigenvalue weighted by Crippen LogP contribution is -2.13. The summed E-state index contributed by atoms with van der Waals surface area (Å²) >= 11 is 0. The Morgan fingerprint density at radius 2 is 1.95 bits per heavy atom. The van der Waals surface area contributed by atoms with Gasteiger partial charge in [-0.3, -0.25) is 4.79 Å². The molecule has 3 heteroatoms. The fraction of sp³-hybridized carbons (Fsp3) is 0.188. The zero-order chi connectivity index (χ0) is 13.7. The van der Waals surface area contributed by atoms with Crippen LogP contribution in [0.1, 0.15) is 17.5 Å². The average molecular weight is 254 g/mol. The van der Waals surface area contributed by atoms with Crippen LogP contribution in [-0.4, -0.2) is 5.91 Å². The summed E-state index contributed by atoms with van der Waals surface area (Å²) in [7, 11) is 0. The number of rotatable bonds is 4. The molecule has 0 spiro atoms. The van der Waals surface area contributed by atoms with Crippen LogP contribution >= 0.6 is 0 Å². The molecule has 0 atom stereocenters. The van der Waals surface area contributed by atoms with E-state index in [9.17, 15) is 4.79 Å². The number of anilines is 2. The van der Waals surface area contributed by atoms with Crippen LogP contribution in [0.3, 0.4) is 0 Å². The number of para-hydroxylation sites is 2. The van der Waals surface area contributed by atoms with Gasteiger partial charge in [-0.25, -0.2) is 0 Å². The first-order valence-corrected chi connectivity index (χ1v) is 6.35. The second kappa shape index (κ2) is 6.05. The van der Waals surface area contributed by atoms with Crippen molar-refractivity contribution in [3.63, 3.8) is 0 Å². The van der Waals surface area contributed by atoms with E-state index < -0.39 is 0 Å². The van der Waals surface area contributed by atoms with Gasteiger partial charge >= 0.3 is 0 Å². The summed E-state index contributed by atoms with van der Waals surface area (Å²) in [6.07, 6.45) is 1.19. The summed E-state index contributed by atoms with van der Waals surface area (Å²) in [6.45, 7) is 2.05. The minimum Gasteiger partial charge on any atom is -0.397 e. The minimum absolute atomic E-state index is 0.0144. The summed E-state index contributed by atoms with van der Waals surface area (Å²) in [5.74, 6) is -0.0144. The Hall–Kier alpha value is -2.29. The van der Waals surface area contributed by atoms with Gasteiger partial charge in [-0.2, -0.15) is 0 Å². The molecule has 0 aromatic heterocycles. The summed E-state index contributed by atoms with van der Waals surface area (Å²) in [4.78, 5) is 11.9. The first kappa shape index (κ1) is 13.1. The number of amides is 1. The quantitative estimate of drug-likeness (QED) is 0.823. The number of carbonyl (C=O) groups is 1. The first-order chi connectivity index (χ1) is 9.15. The summed E-state index contributed by atoms with van der Waals surface area (Å²) in [5.41, 5.74) is 9.44. The van der Waals surface area contributed by atoms with E-state index in [1.54, 1.807) is 12.1 Å². The molecule has 0 unspecified atom stereocenters. The third kappa shape index (κ3) is 3.85. The largest absolute Gasteiger partial charge is 0.397 e. The summed E-state index contributed by atoms with van der Waals surface area (Å²) < 4.78 is 0. The molecular formula is C16H18N2O. The fourth-order valence-electron chi connectivity index (χ4n) is 1.95. The van der Waals surface area contributed by atoms with Gasteiger partial charge in [0.1, 0.15) is 0 Å². The fourth-order valence-corrected chi connectivity index (χ4v) is 1.95. The highest BCUT2D eigenvalue weighted by Crippen LogP contribution is 2.17. The summed E-state index contributed by atoms with van der Waals surface area (Å²) in [6, 6.07) is 15.5. The summed E-state index contributed by atoms with van der Waals surface area (Å²) in [5, 5.41) is 2.83. The number of benzene rings is 2. The standard InChI is InChI=1S/C16H18N2O/c1-12-5-4-6-13(11-12)9-10-16(19)18-15-8-3-2-7-14(15)17/h2-8,11H,9-10,17H2,1H3,(H,18,19). The highest BCUT2D eigenvalue weighted by Gasteiger charge is 2.05. The van der Waals surface area contributed by atoms with E-state index in [0.717, 1.165) is 6.42 Å². The Balaban J connectivity index is 1.90. The number of hydrogen-bond acceptors (Lipinski definition) is 2. The zero-order valence-corrected chi connectivity index (χ0v) is 11.0. The van der Waals surface area contributed by atoms with Crippen LogP contribution < -0.4 is 11.1 Å². The van der Waals surface area contributed by atoms with Crippen LogP contribution in [0.2, 0.25) is 0 Å². The number of nitrogens with two attached hydrogens (primary N) is 1. The van der Waals surface area contributed by atoms with Crippen LogP contribution in [0.5, 0.6) is 0 Å².